The zero-order valence-electron chi connectivity index (χ0n) is 11.1. The highest BCUT2D eigenvalue weighted by Gasteiger charge is 2.30. The molecule has 1 heterocycles. The minimum atomic E-state index is 0.113. The Hall–Kier alpha value is -0.900. The van der Waals surface area contributed by atoms with Gasteiger partial charge in [0.2, 0.25) is 0 Å². The molecule has 1 aliphatic rings. The molecule has 3 nitrogen and oxygen atoms in total. The Labute approximate surface area is 109 Å². The number of rotatable bonds is 6. The SMILES string of the molecule is CC1C(c2ccccc2)CCN1CCOCCO. The Balaban J connectivity index is 1.83. The molecule has 1 aromatic carbocycles. The third-order valence-corrected chi connectivity index (χ3v) is 3.87. The van der Waals surface area contributed by atoms with Gasteiger partial charge in [-0.05, 0) is 25.5 Å². The van der Waals surface area contributed by atoms with Crippen LogP contribution < -0.4 is 0 Å². The highest BCUT2D eigenvalue weighted by molar-refractivity contribution is 5.22. The van der Waals surface area contributed by atoms with Crippen molar-refractivity contribution in [2.75, 3.05) is 32.9 Å². The Morgan fingerprint density at radius 1 is 1.28 bits per heavy atom. The zero-order valence-corrected chi connectivity index (χ0v) is 11.1. The maximum atomic E-state index is 8.66. The molecule has 2 atom stereocenters. The Bertz CT molecular complexity index is 342. The van der Waals surface area contributed by atoms with E-state index in [1.165, 1.54) is 12.0 Å². The van der Waals surface area contributed by atoms with Gasteiger partial charge in [0.1, 0.15) is 0 Å². The normalized spacial score (nSPS) is 24.6. The smallest absolute Gasteiger partial charge is 0.0698 e. The van der Waals surface area contributed by atoms with Crippen LogP contribution in [0.5, 0.6) is 0 Å². The van der Waals surface area contributed by atoms with Crippen molar-refractivity contribution in [3.05, 3.63) is 35.9 Å². The lowest BCUT2D eigenvalue weighted by atomic mass is 9.93. The molecular weight excluding hydrogens is 226 g/mol. The lowest BCUT2D eigenvalue weighted by molar-refractivity contribution is 0.0718. The zero-order chi connectivity index (χ0) is 12.8. The first-order valence-electron chi connectivity index (χ1n) is 6.80. The molecule has 2 rings (SSSR count). The van der Waals surface area contributed by atoms with Gasteiger partial charge in [-0.1, -0.05) is 30.3 Å². The Morgan fingerprint density at radius 3 is 2.78 bits per heavy atom. The summed E-state index contributed by atoms with van der Waals surface area (Å²) in [6.45, 7) is 5.68. The molecule has 0 radical (unpaired) electrons. The molecule has 0 aliphatic carbocycles. The van der Waals surface area contributed by atoms with Gasteiger partial charge in [0, 0.05) is 18.5 Å². The first kappa shape index (κ1) is 13.5. The van der Waals surface area contributed by atoms with Crippen LogP contribution in [0.2, 0.25) is 0 Å². The molecule has 0 saturated carbocycles. The predicted molar refractivity (Wildman–Crippen MR) is 72.7 cm³/mol. The predicted octanol–water partition coefficient (Wildman–Crippen LogP) is 1.87. The minimum absolute atomic E-state index is 0.113. The molecule has 3 heteroatoms. The van der Waals surface area contributed by atoms with E-state index in [4.69, 9.17) is 9.84 Å². The van der Waals surface area contributed by atoms with E-state index in [1.54, 1.807) is 0 Å². The number of hydrogen-bond donors (Lipinski definition) is 1. The van der Waals surface area contributed by atoms with Crippen molar-refractivity contribution < 1.29 is 9.84 Å². The van der Waals surface area contributed by atoms with Gasteiger partial charge in [-0.2, -0.15) is 0 Å². The largest absolute Gasteiger partial charge is 0.394 e. The van der Waals surface area contributed by atoms with Crippen molar-refractivity contribution in [3.8, 4) is 0 Å². The van der Waals surface area contributed by atoms with E-state index in [0.29, 0.717) is 25.2 Å². The molecule has 1 aromatic rings. The van der Waals surface area contributed by atoms with E-state index in [2.05, 4.69) is 42.2 Å². The van der Waals surface area contributed by atoms with Crippen LogP contribution in [0.3, 0.4) is 0 Å². The van der Waals surface area contributed by atoms with E-state index in [1.807, 2.05) is 0 Å². The van der Waals surface area contributed by atoms with Crippen molar-refractivity contribution in [2.45, 2.75) is 25.3 Å². The molecule has 1 fully saturated rings. The van der Waals surface area contributed by atoms with Crippen molar-refractivity contribution in [1.29, 1.82) is 0 Å². The van der Waals surface area contributed by atoms with Gasteiger partial charge in [0.25, 0.3) is 0 Å². The summed E-state index contributed by atoms with van der Waals surface area (Å²) in [5.74, 6) is 0.643. The fourth-order valence-corrected chi connectivity index (χ4v) is 2.81. The highest BCUT2D eigenvalue weighted by atomic mass is 16.5. The van der Waals surface area contributed by atoms with Crippen LogP contribution in [-0.4, -0.2) is 49.0 Å². The standard InChI is InChI=1S/C15H23NO2/c1-13-15(14-5-3-2-4-6-14)7-8-16(13)9-11-18-12-10-17/h2-6,13,15,17H,7-12H2,1H3. The molecule has 1 aliphatic heterocycles. The van der Waals surface area contributed by atoms with Crippen molar-refractivity contribution in [3.63, 3.8) is 0 Å². The molecule has 1 saturated heterocycles. The van der Waals surface area contributed by atoms with Crippen LogP contribution in [-0.2, 0) is 4.74 Å². The number of benzene rings is 1. The lowest BCUT2D eigenvalue weighted by Gasteiger charge is -2.24. The van der Waals surface area contributed by atoms with Gasteiger partial charge in [-0.25, -0.2) is 0 Å². The Kier molecular flexibility index (Phi) is 5.17. The average Bonchev–Trinajstić information content (AvgIpc) is 2.77. The maximum Gasteiger partial charge on any atom is 0.0698 e. The number of ether oxygens (including phenoxy) is 1. The number of nitrogens with zero attached hydrogens (tertiary/aromatic N) is 1. The van der Waals surface area contributed by atoms with Crippen molar-refractivity contribution in [1.82, 2.24) is 4.90 Å². The third kappa shape index (κ3) is 3.31. The van der Waals surface area contributed by atoms with Crippen molar-refractivity contribution >= 4 is 0 Å². The fraction of sp³-hybridized carbons (Fsp3) is 0.600. The third-order valence-electron chi connectivity index (χ3n) is 3.87. The molecule has 0 amide bonds. The summed E-state index contributed by atoms with van der Waals surface area (Å²) < 4.78 is 5.34. The first-order valence-corrected chi connectivity index (χ1v) is 6.80. The molecule has 2 unspecified atom stereocenters. The molecule has 0 spiro atoms. The van der Waals surface area contributed by atoms with E-state index >= 15 is 0 Å². The van der Waals surface area contributed by atoms with Gasteiger partial charge in [-0.3, -0.25) is 4.90 Å². The fourth-order valence-electron chi connectivity index (χ4n) is 2.81. The maximum absolute atomic E-state index is 8.66. The number of aliphatic hydroxyl groups is 1. The van der Waals surface area contributed by atoms with E-state index in [-0.39, 0.29) is 6.61 Å². The quantitative estimate of drug-likeness (QED) is 0.781. The summed E-state index contributed by atoms with van der Waals surface area (Å²) >= 11 is 0. The van der Waals surface area contributed by atoms with Crippen LogP contribution in [0.15, 0.2) is 30.3 Å². The topological polar surface area (TPSA) is 32.7 Å². The van der Waals surface area contributed by atoms with Crippen LogP contribution >= 0.6 is 0 Å². The number of likely N-dealkylation sites (tertiary alicyclic amines) is 1. The summed E-state index contributed by atoms with van der Waals surface area (Å²) in [6.07, 6.45) is 1.23. The van der Waals surface area contributed by atoms with E-state index < -0.39 is 0 Å². The molecule has 0 bridgehead atoms. The van der Waals surface area contributed by atoms with Crippen LogP contribution in [0, 0.1) is 0 Å². The molecule has 0 aromatic heterocycles. The van der Waals surface area contributed by atoms with Gasteiger partial charge < -0.3 is 9.84 Å². The molecule has 100 valence electrons. The summed E-state index contributed by atoms with van der Waals surface area (Å²) in [5, 5.41) is 8.66. The summed E-state index contributed by atoms with van der Waals surface area (Å²) in [7, 11) is 0. The highest BCUT2D eigenvalue weighted by Crippen LogP contribution is 2.32. The Morgan fingerprint density at radius 2 is 2.06 bits per heavy atom. The van der Waals surface area contributed by atoms with Gasteiger partial charge >= 0.3 is 0 Å². The van der Waals surface area contributed by atoms with Crippen LogP contribution in [0.4, 0.5) is 0 Å². The van der Waals surface area contributed by atoms with Gasteiger partial charge in [0.15, 0.2) is 0 Å². The minimum Gasteiger partial charge on any atom is -0.394 e. The van der Waals surface area contributed by atoms with E-state index in [9.17, 15) is 0 Å². The summed E-state index contributed by atoms with van der Waals surface area (Å²) in [4.78, 5) is 2.48. The van der Waals surface area contributed by atoms with Gasteiger partial charge in [-0.15, -0.1) is 0 Å². The van der Waals surface area contributed by atoms with Crippen LogP contribution in [0.25, 0.3) is 0 Å². The number of hydrogen-bond acceptors (Lipinski definition) is 3. The summed E-state index contributed by atoms with van der Waals surface area (Å²) in [5.41, 5.74) is 1.45. The van der Waals surface area contributed by atoms with Gasteiger partial charge in [0.05, 0.1) is 19.8 Å². The lowest BCUT2D eigenvalue weighted by Crippen LogP contribution is -2.32. The molecule has 1 N–H and O–H groups in total. The average molecular weight is 249 g/mol. The van der Waals surface area contributed by atoms with E-state index in [0.717, 1.165) is 13.1 Å². The monoisotopic (exact) mass is 249 g/mol. The second-order valence-corrected chi connectivity index (χ2v) is 4.92. The second kappa shape index (κ2) is 6.88. The molecular formula is C15H23NO2. The first-order chi connectivity index (χ1) is 8.83. The van der Waals surface area contributed by atoms with Crippen LogP contribution in [0.1, 0.15) is 24.8 Å². The second-order valence-electron chi connectivity index (χ2n) is 4.92. The summed E-state index contributed by atoms with van der Waals surface area (Å²) in [6, 6.07) is 11.3. The molecule has 18 heavy (non-hydrogen) atoms. The number of aliphatic hydroxyl groups excluding tert-OH is 1. The van der Waals surface area contributed by atoms with Crippen molar-refractivity contribution in [2.24, 2.45) is 0 Å².